The van der Waals surface area contributed by atoms with E-state index in [2.05, 4.69) is 23.8 Å². The molecule has 0 saturated carbocycles. The molecule has 1 aromatic heterocycles. The summed E-state index contributed by atoms with van der Waals surface area (Å²) in [7, 11) is 3.93. The zero-order valence-electron chi connectivity index (χ0n) is 15.5. The van der Waals surface area contributed by atoms with E-state index in [1.807, 2.05) is 28.8 Å². The van der Waals surface area contributed by atoms with Crippen molar-refractivity contribution in [2.75, 3.05) is 38.6 Å². The summed E-state index contributed by atoms with van der Waals surface area (Å²) in [4.78, 5) is 39.4. The summed E-state index contributed by atoms with van der Waals surface area (Å²) in [6.45, 7) is 6.62. The third-order valence-corrected chi connectivity index (χ3v) is 4.87. The maximum Gasteiger partial charge on any atom is 0.228 e. The molecule has 0 spiro atoms. The molecule has 136 valence electrons. The topological polar surface area (TPSA) is 69.6 Å². The average Bonchev–Trinajstić information content (AvgIpc) is 2.93. The smallest absolute Gasteiger partial charge is 0.228 e. The standard InChI is InChI=1S/C18H27N5O2/c1-12(2)8-23-9-13(7-16(23)24)18(25)22-6-5-14-15(10-22)19-11-20-17(14)21(3)4/h11-13H,5-10H2,1-4H3. The number of carbonyl (C=O) groups is 2. The second kappa shape index (κ2) is 6.98. The zero-order chi connectivity index (χ0) is 18.1. The Morgan fingerprint density at radius 1 is 1.36 bits per heavy atom. The predicted molar refractivity (Wildman–Crippen MR) is 95.0 cm³/mol. The van der Waals surface area contributed by atoms with Crippen LogP contribution in [0.3, 0.4) is 0 Å². The van der Waals surface area contributed by atoms with Crippen molar-refractivity contribution in [1.82, 2.24) is 19.8 Å². The molecule has 3 heterocycles. The normalized spacial score (nSPS) is 20.2. The van der Waals surface area contributed by atoms with Crippen molar-refractivity contribution >= 4 is 17.6 Å². The summed E-state index contributed by atoms with van der Waals surface area (Å²) < 4.78 is 0. The molecule has 1 aromatic rings. The molecular formula is C18H27N5O2. The van der Waals surface area contributed by atoms with E-state index in [9.17, 15) is 9.59 Å². The monoisotopic (exact) mass is 345 g/mol. The first-order chi connectivity index (χ1) is 11.9. The van der Waals surface area contributed by atoms with Crippen LogP contribution in [0, 0.1) is 11.8 Å². The minimum absolute atomic E-state index is 0.0790. The lowest BCUT2D eigenvalue weighted by Crippen LogP contribution is -2.41. The number of likely N-dealkylation sites (tertiary alicyclic amines) is 1. The Labute approximate surface area is 149 Å². The van der Waals surface area contributed by atoms with Crippen molar-refractivity contribution < 1.29 is 9.59 Å². The number of carbonyl (C=O) groups excluding carboxylic acids is 2. The molecule has 1 unspecified atom stereocenters. The number of hydrogen-bond donors (Lipinski definition) is 0. The van der Waals surface area contributed by atoms with Crippen LogP contribution < -0.4 is 4.90 Å². The van der Waals surface area contributed by atoms with Gasteiger partial charge >= 0.3 is 0 Å². The first kappa shape index (κ1) is 17.6. The van der Waals surface area contributed by atoms with Gasteiger partial charge in [-0.25, -0.2) is 9.97 Å². The van der Waals surface area contributed by atoms with Crippen molar-refractivity contribution in [2.24, 2.45) is 11.8 Å². The molecule has 7 nitrogen and oxygen atoms in total. The van der Waals surface area contributed by atoms with Gasteiger partial charge < -0.3 is 14.7 Å². The molecule has 0 radical (unpaired) electrons. The average molecular weight is 345 g/mol. The van der Waals surface area contributed by atoms with Gasteiger partial charge in [-0.2, -0.15) is 0 Å². The van der Waals surface area contributed by atoms with E-state index >= 15 is 0 Å². The van der Waals surface area contributed by atoms with E-state index in [1.54, 1.807) is 6.33 Å². The maximum absolute atomic E-state index is 12.9. The first-order valence-corrected chi connectivity index (χ1v) is 8.93. The highest BCUT2D eigenvalue weighted by molar-refractivity contribution is 5.89. The minimum atomic E-state index is -0.219. The molecule has 0 aliphatic carbocycles. The van der Waals surface area contributed by atoms with Gasteiger partial charge in [-0.1, -0.05) is 13.8 Å². The van der Waals surface area contributed by atoms with Crippen molar-refractivity contribution in [3.05, 3.63) is 17.6 Å². The maximum atomic E-state index is 12.9. The van der Waals surface area contributed by atoms with Gasteiger partial charge in [0.05, 0.1) is 18.2 Å². The van der Waals surface area contributed by atoms with Crippen LogP contribution in [0.1, 0.15) is 31.5 Å². The van der Waals surface area contributed by atoms with Crippen LogP contribution in [0.15, 0.2) is 6.33 Å². The minimum Gasteiger partial charge on any atom is -0.362 e. The van der Waals surface area contributed by atoms with E-state index in [0.29, 0.717) is 32.0 Å². The third-order valence-electron chi connectivity index (χ3n) is 4.87. The summed E-state index contributed by atoms with van der Waals surface area (Å²) in [6, 6.07) is 0. The number of nitrogens with zero attached hydrogens (tertiary/aromatic N) is 5. The van der Waals surface area contributed by atoms with Crippen molar-refractivity contribution in [3.63, 3.8) is 0 Å². The van der Waals surface area contributed by atoms with Gasteiger partial charge in [-0.05, 0) is 12.3 Å². The summed E-state index contributed by atoms with van der Waals surface area (Å²) in [5.41, 5.74) is 2.04. The molecule has 0 bridgehead atoms. The Hall–Kier alpha value is -2.18. The lowest BCUT2D eigenvalue weighted by atomic mass is 10.0. The SMILES string of the molecule is CC(C)CN1CC(C(=O)N2CCc3c(ncnc3N(C)C)C2)CC1=O. The van der Waals surface area contributed by atoms with Crippen molar-refractivity contribution in [3.8, 4) is 0 Å². The van der Waals surface area contributed by atoms with Gasteiger partial charge in [0.2, 0.25) is 11.8 Å². The molecule has 1 saturated heterocycles. The van der Waals surface area contributed by atoms with Gasteiger partial charge in [-0.3, -0.25) is 9.59 Å². The molecule has 0 aromatic carbocycles. The van der Waals surface area contributed by atoms with E-state index < -0.39 is 0 Å². The molecule has 3 rings (SSSR count). The van der Waals surface area contributed by atoms with Crippen LogP contribution in [-0.4, -0.2) is 65.3 Å². The summed E-state index contributed by atoms with van der Waals surface area (Å²) in [6.07, 6.45) is 2.65. The summed E-state index contributed by atoms with van der Waals surface area (Å²) in [5.74, 6) is 1.30. The van der Waals surface area contributed by atoms with Gasteiger partial charge in [0.25, 0.3) is 0 Å². The Bertz CT molecular complexity index is 673. The van der Waals surface area contributed by atoms with E-state index in [1.165, 1.54) is 0 Å². The van der Waals surface area contributed by atoms with Crippen molar-refractivity contribution in [2.45, 2.75) is 33.2 Å². The number of amides is 2. The Balaban J connectivity index is 1.69. The van der Waals surface area contributed by atoms with Crippen molar-refractivity contribution in [1.29, 1.82) is 0 Å². The van der Waals surface area contributed by atoms with Crippen LogP contribution in [0.2, 0.25) is 0 Å². The van der Waals surface area contributed by atoms with Gasteiger partial charge in [0.1, 0.15) is 12.1 Å². The second-order valence-corrected chi connectivity index (χ2v) is 7.62. The molecule has 1 atom stereocenters. The fourth-order valence-electron chi connectivity index (χ4n) is 3.72. The van der Waals surface area contributed by atoms with Crippen LogP contribution in [0.5, 0.6) is 0 Å². The molecule has 0 N–H and O–H groups in total. The predicted octanol–water partition coefficient (Wildman–Crippen LogP) is 0.932. The van der Waals surface area contributed by atoms with Gasteiger partial charge in [0.15, 0.2) is 0 Å². The fourth-order valence-corrected chi connectivity index (χ4v) is 3.72. The van der Waals surface area contributed by atoms with E-state index in [0.717, 1.165) is 30.0 Å². The molecule has 7 heteroatoms. The fraction of sp³-hybridized carbons (Fsp3) is 0.667. The molecule has 25 heavy (non-hydrogen) atoms. The first-order valence-electron chi connectivity index (χ1n) is 8.93. The van der Waals surface area contributed by atoms with Crippen LogP contribution in [0.4, 0.5) is 5.82 Å². The van der Waals surface area contributed by atoms with Crippen LogP contribution in [-0.2, 0) is 22.6 Å². The number of hydrogen-bond acceptors (Lipinski definition) is 5. The van der Waals surface area contributed by atoms with Crippen LogP contribution in [0.25, 0.3) is 0 Å². The van der Waals surface area contributed by atoms with Gasteiger partial charge in [0, 0.05) is 45.7 Å². The molecular weight excluding hydrogens is 318 g/mol. The second-order valence-electron chi connectivity index (χ2n) is 7.62. The lowest BCUT2D eigenvalue weighted by molar-refractivity contribution is -0.136. The molecule has 1 fully saturated rings. The Kier molecular flexibility index (Phi) is 4.92. The number of fused-ring (bicyclic) bond motifs is 1. The van der Waals surface area contributed by atoms with Crippen LogP contribution >= 0.6 is 0 Å². The highest BCUT2D eigenvalue weighted by Gasteiger charge is 2.37. The highest BCUT2D eigenvalue weighted by Crippen LogP contribution is 2.27. The largest absolute Gasteiger partial charge is 0.362 e. The zero-order valence-corrected chi connectivity index (χ0v) is 15.5. The summed E-state index contributed by atoms with van der Waals surface area (Å²) >= 11 is 0. The number of aromatic nitrogens is 2. The Morgan fingerprint density at radius 3 is 2.80 bits per heavy atom. The summed E-state index contributed by atoms with van der Waals surface area (Å²) in [5, 5.41) is 0. The lowest BCUT2D eigenvalue weighted by Gasteiger charge is -2.31. The third kappa shape index (κ3) is 3.60. The quantitative estimate of drug-likeness (QED) is 0.812. The van der Waals surface area contributed by atoms with Gasteiger partial charge in [-0.15, -0.1) is 0 Å². The highest BCUT2D eigenvalue weighted by atomic mass is 16.2. The molecule has 2 aliphatic heterocycles. The molecule has 2 amide bonds. The van der Waals surface area contributed by atoms with E-state index in [4.69, 9.17) is 0 Å². The number of rotatable bonds is 4. The van der Waals surface area contributed by atoms with E-state index in [-0.39, 0.29) is 17.7 Å². The Morgan fingerprint density at radius 2 is 2.12 bits per heavy atom. The number of anilines is 1. The molecule has 2 aliphatic rings.